The summed E-state index contributed by atoms with van der Waals surface area (Å²) in [4.78, 5) is 7.49. The van der Waals surface area contributed by atoms with Crippen molar-refractivity contribution in [2.75, 3.05) is 4.90 Å². The molecule has 4 nitrogen and oxygen atoms in total. The quantitative estimate of drug-likeness (QED) is 0.199. The van der Waals surface area contributed by atoms with Gasteiger partial charge in [0, 0.05) is 32.9 Å². The number of hydrogen-bond donors (Lipinski definition) is 0. The number of furan rings is 1. The van der Waals surface area contributed by atoms with Gasteiger partial charge in [-0.3, -0.25) is 4.90 Å². The van der Waals surface area contributed by atoms with Crippen LogP contribution >= 0.6 is 0 Å². The van der Waals surface area contributed by atoms with E-state index in [-0.39, 0.29) is 5.92 Å². The van der Waals surface area contributed by atoms with Crippen molar-refractivity contribution in [2.45, 2.75) is 5.92 Å². The van der Waals surface area contributed by atoms with E-state index in [1.54, 1.807) is 0 Å². The molecule has 2 aliphatic rings. The van der Waals surface area contributed by atoms with Crippen LogP contribution < -0.4 is 4.90 Å². The van der Waals surface area contributed by atoms with Crippen LogP contribution in [0.4, 0.5) is 17.1 Å². The minimum atomic E-state index is 0.151. The van der Waals surface area contributed by atoms with Crippen molar-refractivity contribution in [1.29, 1.82) is 0 Å². The van der Waals surface area contributed by atoms with Gasteiger partial charge in [-0.15, -0.1) is 0 Å². The molecule has 0 aliphatic carbocycles. The van der Waals surface area contributed by atoms with E-state index in [4.69, 9.17) is 9.41 Å². The Hall–Kier alpha value is -6.39. The van der Waals surface area contributed by atoms with E-state index in [2.05, 4.69) is 167 Å². The van der Waals surface area contributed by atoms with Gasteiger partial charge >= 0.3 is 0 Å². The number of nitrogens with zero attached hydrogens (tertiary/aromatic N) is 3. The van der Waals surface area contributed by atoms with Gasteiger partial charge < -0.3 is 8.98 Å². The summed E-state index contributed by atoms with van der Waals surface area (Å²) in [6, 6.07) is 56.4. The highest BCUT2D eigenvalue weighted by molar-refractivity contribution is 6.18. The van der Waals surface area contributed by atoms with E-state index in [1.165, 1.54) is 38.6 Å². The highest BCUT2D eigenvalue weighted by atomic mass is 16.3. The average molecular weight is 614 g/mol. The Labute approximate surface area is 276 Å². The molecule has 7 aromatic carbocycles. The molecule has 224 valence electrons. The van der Waals surface area contributed by atoms with E-state index in [0.717, 1.165) is 56.0 Å². The maximum Gasteiger partial charge on any atom is 0.135 e. The Morgan fingerprint density at radius 3 is 1.98 bits per heavy atom. The third-order valence-electron chi connectivity index (χ3n) is 10.2. The standard InChI is InChI=1S/C44H27N3O/c1-5-16-37-33(14-1)43-34-15-4-8-19-40(34)47(44(43)45-37)29-11-9-10-27(24-29)28-20-22-41-35(25-28)36-26-30(21-23-42(36)48-41)46-38-17-6-2-12-31(38)32-13-3-7-18-39(32)46/h1-26,43H. The summed E-state index contributed by atoms with van der Waals surface area (Å²) < 4.78 is 8.74. The molecule has 1 unspecified atom stereocenters. The largest absolute Gasteiger partial charge is 0.456 e. The number of aliphatic imine (C=N–C) groups is 1. The zero-order valence-corrected chi connectivity index (χ0v) is 25.8. The van der Waals surface area contributed by atoms with Gasteiger partial charge in [-0.1, -0.05) is 91.0 Å². The molecule has 2 aliphatic heterocycles. The van der Waals surface area contributed by atoms with Crippen LogP contribution in [0.3, 0.4) is 0 Å². The van der Waals surface area contributed by atoms with E-state index >= 15 is 0 Å². The Balaban J connectivity index is 1.04. The number of hydrogen-bond acceptors (Lipinski definition) is 3. The first-order chi connectivity index (χ1) is 23.8. The lowest BCUT2D eigenvalue weighted by atomic mass is 9.93. The predicted octanol–water partition coefficient (Wildman–Crippen LogP) is 11.7. The van der Waals surface area contributed by atoms with Gasteiger partial charge in [-0.05, 0) is 89.0 Å². The zero-order chi connectivity index (χ0) is 31.3. The first-order valence-electron chi connectivity index (χ1n) is 16.4. The molecular formula is C44H27N3O. The molecular weight excluding hydrogens is 587 g/mol. The van der Waals surface area contributed by atoms with Crippen molar-refractivity contribution in [3.05, 3.63) is 169 Å². The molecule has 0 amide bonds. The first kappa shape index (κ1) is 25.8. The second kappa shape index (κ2) is 9.57. The summed E-state index contributed by atoms with van der Waals surface area (Å²) >= 11 is 0. The van der Waals surface area contributed by atoms with Crippen molar-refractivity contribution in [2.24, 2.45) is 4.99 Å². The molecule has 0 radical (unpaired) electrons. The summed E-state index contributed by atoms with van der Waals surface area (Å²) in [6.45, 7) is 0. The lowest BCUT2D eigenvalue weighted by Crippen LogP contribution is -2.22. The van der Waals surface area contributed by atoms with Crippen molar-refractivity contribution in [3.63, 3.8) is 0 Å². The maximum atomic E-state index is 6.38. The highest BCUT2D eigenvalue weighted by Gasteiger charge is 2.41. The Bertz CT molecular complexity index is 2760. The molecule has 2 aromatic heterocycles. The van der Waals surface area contributed by atoms with E-state index in [0.29, 0.717) is 0 Å². The summed E-state index contributed by atoms with van der Waals surface area (Å²) in [6.07, 6.45) is 0. The number of benzene rings is 7. The van der Waals surface area contributed by atoms with Crippen molar-refractivity contribution >= 4 is 66.6 Å². The second-order valence-electron chi connectivity index (χ2n) is 12.8. The van der Waals surface area contributed by atoms with E-state index < -0.39 is 0 Å². The first-order valence-corrected chi connectivity index (χ1v) is 16.4. The number of amidine groups is 1. The summed E-state index contributed by atoms with van der Waals surface area (Å²) in [5.41, 5.74) is 13.5. The molecule has 0 N–H and O–H groups in total. The van der Waals surface area contributed by atoms with Gasteiger partial charge in [0.1, 0.15) is 17.0 Å². The molecule has 4 heterocycles. The highest BCUT2D eigenvalue weighted by Crippen LogP contribution is 2.51. The molecule has 0 spiro atoms. The van der Waals surface area contributed by atoms with Gasteiger partial charge in [-0.2, -0.15) is 0 Å². The number of anilines is 2. The number of para-hydroxylation sites is 4. The van der Waals surface area contributed by atoms with Crippen LogP contribution in [-0.2, 0) is 0 Å². The Kier molecular flexibility index (Phi) is 5.13. The summed E-state index contributed by atoms with van der Waals surface area (Å²) in [7, 11) is 0. The van der Waals surface area contributed by atoms with Crippen molar-refractivity contribution in [3.8, 4) is 16.8 Å². The van der Waals surface area contributed by atoms with Crippen LogP contribution in [0.15, 0.2) is 167 Å². The molecule has 4 heteroatoms. The third-order valence-corrected chi connectivity index (χ3v) is 10.2. The van der Waals surface area contributed by atoms with Crippen LogP contribution in [0.1, 0.15) is 17.0 Å². The third kappa shape index (κ3) is 3.52. The van der Waals surface area contributed by atoms with Crippen molar-refractivity contribution in [1.82, 2.24) is 4.57 Å². The van der Waals surface area contributed by atoms with Gasteiger partial charge in [0.05, 0.1) is 28.3 Å². The Morgan fingerprint density at radius 1 is 0.479 bits per heavy atom. The lowest BCUT2D eigenvalue weighted by Gasteiger charge is -2.21. The fraction of sp³-hybridized carbons (Fsp3) is 0.0227. The number of rotatable bonds is 3. The normalized spacial score (nSPS) is 15.0. The van der Waals surface area contributed by atoms with Crippen LogP contribution in [0.25, 0.3) is 60.6 Å². The van der Waals surface area contributed by atoms with Gasteiger partial charge in [0.2, 0.25) is 0 Å². The maximum absolute atomic E-state index is 6.38. The SMILES string of the molecule is c1cc(-c2ccc3oc4ccc(-n5c6ccccc6c6ccccc65)cc4c3c2)cc(N2C3=Nc4ccccc4C3c3ccccc32)c1. The molecule has 11 rings (SSSR count). The average Bonchev–Trinajstić information content (AvgIpc) is 3.88. The lowest BCUT2D eigenvalue weighted by molar-refractivity contribution is 0.669. The fourth-order valence-electron chi connectivity index (χ4n) is 8.09. The van der Waals surface area contributed by atoms with Crippen LogP contribution in [0.5, 0.6) is 0 Å². The number of fused-ring (bicyclic) bond motifs is 11. The Morgan fingerprint density at radius 2 is 1.15 bits per heavy atom. The van der Waals surface area contributed by atoms with Crippen LogP contribution in [0, 0.1) is 0 Å². The summed E-state index contributed by atoms with van der Waals surface area (Å²) in [5, 5.41) is 4.73. The van der Waals surface area contributed by atoms with E-state index in [9.17, 15) is 0 Å². The fourth-order valence-corrected chi connectivity index (χ4v) is 8.09. The minimum Gasteiger partial charge on any atom is -0.456 e. The predicted molar refractivity (Wildman–Crippen MR) is 197 cm³/mol. The van der Waals surface area contributed by atoms with Crippen LogP contribution in [-0.4, -0.2) is 10.4 Å². The molecule has 1 atom stereocenters. The smallest absolute Gasteiger partial charge is 0.135 e. The van der Waals surface area contributed by atoms with Crippen molar-refractivity contribution < 1.29 is 4.42 Å². The molecule has 48 heavy (non-hydrogen) atoms. The van der Waals surface area contributed by atoms with Crippen LogP contribution in [0.2, 0.25) is 0 Å². The molecule has 0 fully saturated rings. The zero-order valence-electron chi connectivity index (χ0n) is 25.8. The van der Waals surface area contributed by atoms with Gasteiger partial charge in [-0.25, -0.2) is 4.99 Å². The van der Waals surface area contributed by atoms with E-state index in [1.807, 2.05) is 0 Å². The van der Waals surface area contributed by atoms with Gasteiger partial charge in [0.25, 0.3) is 0 Å². The van der Waals surface area contributed by atoms with Gasteiger partial charge in [0.15, 0.2) is 0 Å². The topological polar surface area (TPSA) is 33.7 Å². The molecule has 9 aromatic rings. The summed E-state index contributed by atoms with van der Waals surface area (Å²) in [5.74, 6) is 1.22. The number of aromatic nitrogens is 1. The molecule has 0 saturated heterocycles. The molecule has 0 saturated carbocycles. The monoisotopic (exact) mass is 613 g/mol. The molecule has 0 bridgehead atoms. The second-order valence-corrected chi connectivity index (χ2v) is 12.8. The minimum absolute atomic E-state index is 0.151.